The van der Waals surface area contributed by atoms with Crippen LogP contribution in [0.1, 0.15) is 18.9 Å². The zero-order valence-corrected chi connectivity index (χ0v) is 12.6. The van der Waals surface area contributed by atoms with E-state index < -0.39 is 14.9 Å². The van der Waals surface area contributed by atoms with Crippen LogP contribution in [0.25, 0.3) is 0 Å². The van der Waals surface area contributed by atoms with Crippen LogP contribution in [0.3, 0.4) is 0 Å². The van der Waals surface area contributed by atoms with Crippen molar-refractivity contribution in [3.63, 3.8) is 0 Å². The molecule has 0 bridgehead atoms. The quantitative estimate of drug-likeness (QED) is 0.624. The van der Waals surface area contributed by atoms with Crippen molar-refractivity contribution < 1.29 is 13.3 Å². The topological polar surface area (TPSA) is 101 Å². The fourth-order valence-corrected chi connectivity index (χ4v) is 3.84. The average Bonchev–Trinajstić information content (AvgIpc) is 2.41. The molecular weight excluding hydrogens is 294 g/mol. The van der Waals surface area contributed by atoms with E-state index in [0.717, 1.165) is 13.0 Å². The van der Waals surface area contributed by atoms with Gasteiger partial charge < -0.3 is 5.32 Å². The van der Waals surface area contributed by atoms with Crippen molar-refractivity contribution >= 4 is 15.7 Å². The Balaban J connectivity index is 2.01. The molecule has 2 rings (SSSR count). The molecule has 0 aliphatic carbocycles. The number of rotatable bonds is 5. The largest absolute Gasteiger partial charge is 0.315 e. The third kappa shape index (κ3) is 4.48. The highest BCUT2D eigenvalue weighted by atomic mass is 32.2. The lowest BCUT2D eigenvalue weighted by atomic mass is 9.96. The van der Waals surface area contributed by atoms with E-state index in [4.69, 9.17) is 0 Å². The van der Waals surface area contributed by atoms with Gasteiger partial charge in [0.15, 0.2) is 0 Å². The van der Waals surface area contributed by atoms with Gasteiger partial charge >= 0.3 is 0 Å². The number of hydrogen-bond acceptors (Lipinski definition) is 5. The first kappa shape index (κ1) is 15.9. The van der Waals surface area contributed by atoms with Gasteiger partial charge in [-0.05, 0) is 24.4 Å². The molecule has 0 aromatic heterocycles. The molecule has 0 saturated carbocycles. The van der Waals surface area contributed by atoms with Crippen LogP contribution in [0.5, 0.6) is 0 Å². The van der Waals surface area contributed by atoms with E-state index in [2.05, 4.69) is 10.0 Å². The van der Waals surface area contributed by atoms with Crippen molar-refractivity contribution in [3.8, 4) is 0 Å². The first-order chi connectivity index (χ1) is 9.87. The fraction of sp³-hybridized carbons (Fsp3) is 0.538. The number of sulfonamides is 1. The molecule has 21 heavy (non-hydrogen) atoms. The molecule has 8 heteroatoms. The maximum atomic E-state index is 12.2. The predicted molar refractivity (Wildman–Crippen MR) is 79.3 cm³/mol. The standard InChI is InChI=1S/C13H19N3O4S/c1-10-6-7-14-8-13(10)15-21(19,20)9-11-2-4-12(5-3-11)16(17)18/h2-5,10,13-15H,6-9H2,1H3. The molecule has 2 atom stereocenters. The number of piperidine rings is 1. The average molecular weight is 313 g/mol. The lowest BCUT2D eigenvalue weighted by Crippen LogP contribution is -2.50. The van der Waals surface area contributed by atoms with Gasteiger partial charge in [-0.1, -0.05) is 19.1 Å². The maximum absolute atomic E-state index is 12.2. The Hall–Kier alpha value is -1.51. The third-order valence-electron chi connectivity index (χ3n) is 3.66. The fourth-order valence-electron chi connectivity index (χ4n) is 2.35. The minimum Gasteiger partial charge on any atom is -0.315 e. The molecule has 1 aliphatic rings. The molecule has 1 saturated heterocycles. The van der Waals surface area contributed by atoms with Gasteiger partial charge in [0.1, 0.15) is 0 Å². The maximum Gasteiger partial charge on any atom is 0.269 e. The minimum absolute atomic E-state index is 0.0470. The van der Waals surface area contributed by atoms with Gasteiger partial charge in [-0.2, -0.15) is 0 Å². The molecule has 116 valence electrons. The van der Waals surface area contributed by atoms with E-state index in [1.54, 1.807) is 0 Å². The summed E-state index contributed by atoms with van der Waals surface area (Å²) in [5.41, 5.74) is 0.485. The molecule has 1 aliphatic heterocycles. The third-order valence-corrected chi connectivity index (χ3v) is 5.04. The van der Waals surface area contributed by atoms with E-state index in [0.29, 0.717) is 12.1 Å². The van der Waals surface area contributed by atoms with E-state index in [1.807, 2.05) is 6.92 Å². The second-order valence-corrected chi connectivity index (χ2v) is 7.13. The second-order valence-electron chi connectivity index (χ2n) is 5.38. The van der Waals surface area contributed by atoms with Crippen LogP contribution in [-0.4, -0.2) is 32.5 Å². The van der Waals surface area contributed by atoms with Crippen LogP contribution >= 0.6 is 0 Å². The summed E-state index contributed by atoms with van der Waals surface area (Å²) in [5.74, 6) is 0.117. The van der Waals surface area contributed by atoms with Crippen molar-refractivity contribution in [2.24, 2.45) is 5.92 Å². The van der Waals surface area contributed by atoms with Gasteiger partial charge in [0.2, 0.25) is 10.0 Å². The minimum atomic E-state index is -3.46. The van der Waals surface area contributed by atoms with Gasteiger partial charge in [0, 0.05) is 24.7 Å². The Morgan fingerprint density at radius 3 is 2.62 bits per heavy atom. The Kier molecular flexibility index (Phi) is 4.92. The summed E-state index contributed by atoms with van der Waals surface area (Å²) in [5, 5.41) is 13.7. The summed E-state index contributed by atoms with van der Waals surface area (Å²) in [4.78, 5) is 10.1. The van der Waals surface area contributed by atoms with Crippen molar-refractivity contribution in [2.45, 2.75) is 25.1 Å². The van der Waals surface area contributed by atoms with Gasteiger partial charge in [-0.3, -0.25) is 10.1 Å². The molecule has 1 aromatic carbocycles. The van der Waals surface area contributed by atoms with Crippen LogP contribution < -0.4 is 10.0 Å². The number of nitro benzene ring substituents is 1. The number of hydrogen-bond donors (Lipinski definition) is 2. The van der Waals surface area contributed by atoms with E-state index in [1.165, 1.54) is 24.3 Å². The highest BCUT2D eigenvalue weighted by Gasteiger charge is 2.25. The number of non-ortho nitro benzene ring substituents is 1. The number of benzene rings is 1. The molecule has 1 heterocycles. The Morgan fingerprint density at radius 1 is 1.38 bits per heavy atom. The van der Waals surface area contributed by atoms with Crippen molar-refractivity contribution in [2.75, 3.05) is 13.1 Å². The van der Waals surface area contributed by atoms with Crippen molar-refractivity contribution in [1.82, 2.24) is 10.0 Å². The molecule has 1 fully saturated rings. The second kappa shape index (κ2) is 6.50. The normalized spacial score (nSPS) is 22.9. The summed E-state index contributed by atoms with van der Waals surface area (Å²) in [6.45, 7) is 3.56. The highest BCUT2D eigenvalue weighted by Crippen LogP contribution is 2.16. The SMILES string of the molecule is CC1CCNCC1NS(=O)(=O)Cc1ccc([N+](=O)[O-])cc1. The van der Waals surface area contributed by atoms with E-state index in [9.17, 15) is 18.5 Å². The van der Waals surface area contributed by atoms with Gasteiger partial charge in [0.25, 0.3) is 5.69 Å². The first-order valence-electron chi connectivity index (χ1n) is 6.81. The predicted octanol–water partition coefficient (Wildman–Crippen LogP) is 1.01. The molecule has 7 nitrogen and oxygen atoms in total. The number of nitro groups is 1. The Labute approximate surface area is 123 Å². The monoisotopic (exact) mass is 313 g/mol. The summed E-state index contributed by atoms with van der Waals surface area (Å²) in [7, 11) is -3.46. The van der Waals surface area contributed by atoms with Crippen molar-refractivity contribution in [3.05, 3.63) is 39.9 Å². The van der Waals surface area contributed by atoms with E-state index in [-0.39, 0.29) is 23.4 Å². The zero-order valence-electron chi connectivity index (χ0n) is 11.8. The van der Waals surface area contributed by atoms with Crippen LogP contribution in [0.2, 0.25) is 0 Å². The molecule has 1 aromatic rings. The highest BCUT2D eigenvalue weighted by molar-refractivity contribution is 7.88. The lowest BCUT2D eigenvalue weighted by molar-refractivity contribution is -0.384. The summed E-state index contributed by atoms with van der Waals surface area (Å²) >= 11 is 0. The molecular formula is C13H19N3O4S. The Bertz CT molecular complexity index is 600. The lowest BCUT2D eigenvalue weighted by Gasteiger charge is -2.29. The summed E-state index contributed by atoms with van der Waals surface area (Å²) < 4.78 is 27.0. The molecule has 0 amide bonds. The molecule has 0 spiro atoms. The van der Waals surface area contributed by atoms with Crippen LogP contribution in [0.4, 0.5) is 5.69 Å². The number of nitrogens with one attached hydrogen (secondary N) is 2. The van der Waals surface area contributed by atoms with E-state index >= 15 is 0 Å². The summed E-state index contributed by atoms with van der Waals surface area (Å²) in [6.07, 6.45) is 0.935. The Morgan fingerprint density at radius 2 is 2.05 bits per heavy atom. The summed E-state index contributed by atoms with van der Waals surface area (Å²) in [6, 6.07) is 5.47. The van der Waals surface area contributed by atoms with Crippen molar-refractivity contribution in [1.29, 1.82) is 0 Å². The van der Waals surface area contributed by atoms with Crippen LogP contribution in [-0.2, 0) is 15.8 Å². The first-order valence-corrected chi connectivity index (χ1v) is 8.47. The van der Waals surface area contributed by atoms with Crippen LogP contribution in [0.15, 0.2) is 24.3 Å². The van der Waals surface area contributed by atoms with Gasteiger partial charge in [-0.25, -0.2) is 13.1 Å². The molecule has 2 N–H and O–H groups in total. The zero-order chi connectivity index (χ0) is 15.5. The van der Waals surface area contributed by atoms with Gasteiger partial charge in [0.05, 0.1) is 10.7 Å². The van der Waals surface area contributed by atoms with Gasteiger partial charge in [-0.15, -0.1) is 0 Å². The van der Waals surface area contributed by atoms with Crippen LogP contribution in [0, 0.1) is 16.0 Å². The molecule has 0 radical (unpaired) electrons. The molecule has 2 unspecified atom stereocenters. The number of nitrogens with zero attached hydrogens (tertiary/aromatic N) is 1. The smallest absolute Gasteiger partial charge is 0.269 e.